The lowest BCUT2D eigenvalue weighted by Gasteiger charge is -2.24. The first-order valence-corrected chi connectivity index (χ1v) is 12.5. The molecule has 0 bridgehead atoms. The third-order valence-corrected chi connectivity index (χ3v) is 7.49. The van der Waals surface area contributed by atoms with E-state index in [4.69, 9.17) is 0 Å². The van der Waals surface area contributed by atoms with Crippen molar-refractivity contribution < 1.29 is 4.57 Å². The molecule has 0 aliphatic carbocycles. The second-order valence-corrected chi connectivity index (χ2v) is 12.5. The summed E-state index contributed by atoms with van der Waals surface area (Å²) >= 11 is 0. The van der Waals surface area contributed by atoms with Gasteiger partial charge in [0.2, 0.25) is 5.52 Å². The predicted molar refractivity (Wildman–Crippen MR) is 146 cm³/mol. The maximum atomic E-state index is 2.61. The third kappa shape index (κ3) is 2.84. The number of benzene rings is 3. The second-order valence-electron chi connectivity index (χ2n) is 12.5. The van der Waals surface area contributed by atoms with Crippen molar-refractivity contribution in [2.75, 3.05) is 0 Å². The van der Waals surface area contributed by atoms with Crippen molar-refractivity contribution in [1.29, 1.82) is 0 Å². The maximum Gasteiger partial charge on any atom is 0.224 e. The first kappa shape index (κ1) is 21.4. The molecule has 6 rings (SSSR count). The zero-order chi connectivity index (χ0) is 24.2. The molecule has 0 fully saturated rings. The van der Waals surface area contributed by atoms with Crippen LogP contribution >= 0.6 is 0 Å². The van der Waals surface area contributed by atoms with E-state index in [1.54, 1.807) is 0 Å². The number of hydrogen-bond donors (Lipinski definition) is 0. The van der Waals surface area contributed by atoms with Gasteiger partial charge in [-0.25, -0.2) is 4.57 Å². The Bertz CT molecular complexity index is 1750. The first-order chi connectivity index (χ1) is 16.0. The average Bonchev–Trinajstić information content (AvgIpc) is 3.08. The molecule has 3 aromatic carbocycles. The average molecular weight is 448 g/mol. The fourth-order valence-electron chi connectivity index (χ4n) is 6.17. The third-order valence-electron chi connectivity index (χ3n) is 7.49. The standard InChI is InChI=1S/C32H35N2/c1-19-17-23(32(5,6)7)27-22-11-9-10-12-24(22)34-28-21(18-31(2,3)4)14-13-20-15-16-33(8)29(26(20)28)25(19)30(27)34/h9-17H,18H2,1-8H3/q+1. The molecule has 0 aliphatic heterocycles. The van der Waals surface area contributed by atoms with Gasteiger partial charge in [0.1, 0.15) is 7.05 Å². The van der Waals surface area contributed by atoms with Crippen LogP contribution in [0, 0.1) is 12.3 Å². The minimum Gasteiger partial charge on any atom is -0.307 e. The lowest BCUT2D eigenvalue weighted by molar-refractivity contribution is -0.643. The van der Waals surface area contributed by atoms with E-state index in [1.807, 2.05) is 0 Å². The number of rotatable bonds is 1. The molecule has 2 heteroatoms. The predicted octanol–water partition coefficient (Wildman–Crippen LogP) is 8.01. The van der Waals surface area contributed by atoms with Crippen LogP contribution in [-0.2, 0) is 18.9 Å². The Morgan fingerprint density at radius 3 is 2.26 bits per heavy atom. The molecule has 0 N–H and O–H groups in total. The summed E-state index contributed by atoms with van der Waals surface area (Å²) in [5.41, 5.74) is 9.90. The van der Waals surface area contributed by atoms with Crippen LogP contribution in [0.25, 0.3) is 49.0 Å². The molecule has 0 radical (unpaired) electrons. The lowest BCUT2D eigenvalue weighted by atomic mass is 9.82. The van der Waals surface area contributed by atoms with Crippen LogP contribution in [0.15, 0.2) is 54.7 Å². The van der Waals surface area contributed by atoms with E-state index >= 15 is 0 Å². The molecule has 0 atom stereocenters. The van der Waals surface area contributed by atoms with Crippen molar-refractivity contribution in [1.82, 2.24) is 4.40 Å². The van der Waals surface area contributed by atoms with Crippen LogP contribution in [0.4, 0.5) is 0 Å². The van der Waals surface area contributed by atoms with Crippen LogP contribution < -0.4 is 4.57 Å². The largest absolute Gasteiger partial charge is 0.307 e. The maximum absolute atomic E-state index is 2.61. The van der Waals surface area contributed by atoms with Gasteiger partial charge in [-0.15, -0.1) is 0 Å². The van der Waals surface area contributed by atoms with Gasteiger partial charge >= 0.3 is 0 Å². The zero-order valence-electron chi connectivity index (χ0n) is 21.8. The molecule has 3 heterocycles. The van der Waals surface area contributed by atoms with Gasteiger partial charge in [-0.2, -0.15) is 0 Å². The summed E-state index contributed by atoms with van der Waals surface area (Å²) in [6.07, 6.45) is 3.27. The number of para-hydroxylation sites is 1. The Balaban J connectivity index is 2.05. The van der Waals surface area contributed by atoms with Crippen LogP contribution in [0.2, 0.25) is 0 Å². The summed E-state index contributed by atoms with van der Waals surface area (Å²) in [4.78, 5) is 0. The molecular weight excluding hydrogens is 412 g/mol. The highest BCUT2D eigenvalue weighted by atomic mass is 15.0. The summed E-state index contributed by atoms with van der Waals surface area (Å²) in [6, 6.07) is 18.5. The minimum atomic E-state index is 0.0532. The normalized spacial score (nSPS) is 13.4. The Kier molecular flexibility index (Phi) is 4.23. The van der Waals surface area contributed by atoms with Crippen molar-refractivity contribution in [2.24, 2.45) is 12.5 Å². The van der Waals surface area contributed by atoms with E-state index in [2.05, 4.69) is 119 Å². The van der Waals surface area contributed by atoms with E-state index in [1.165, 1.54) is 65.7 Å². The van der Waals surface area contributed by atoms with Gasteiger partial charge in [0, 0.05) is 16.8 Å². The molecular formula is C32H35N2+. The number of aryl methyl sites for hydroxylation is 2. The van der Waals surface area contributed by atoms with Gasteiger partial charge in [0.05, 0.1) is 27.3 Å². The number of hydrogen-bond acceptors (Lipinski definition) is 0. The number of fused-ring (bicyclic) bond motifs is 5. The highest BCUT2D eigenvalue weighted by molar-refractivity contribution is 6.27. The SMILES string of the molecule is Cc1cc(C(C)(C)C)c2c3ccccc3n3c4c(CC(C)(C)C)ccc5cc[n+](C)c(c1c23)c54. The zero-order valence-corrected chi connectivity index (χ0v) is 21.8. The monoisotopic (exact) mass is 447 g/mol. The fraction of sp³-hybridized carbons (Fsp3) is 0.344. The Morgan fingerprint density at radius 2 is 1.56 bits per heavy atom. The van der Waals surface area contributed by atoms with E-state index in [0.29, 0.717) is 0 Å². The Hall–Kier alpha value is -3.13. The molecule has 172 valence electrons. The summed E-state index contributed by atoms with van der Waals surface area (Å²) in [7, 11) is 2.20. The molecule has 0 saturated heterocycles. The van der Waals surface area contributed by atoms with Crippen LogP contribution in [0.5, 0.6) is 0 Å². The van der Waals surface area contributed by atoms with Gasteiger partial charge in [0.25, 0.3) is 0 Å². The van der Waals surface area contributed by atoms with E-state index < -0.39 is 0 Å². The minimum absolute atomic E-state index is 0.0532. The molecule has 34 heavy (non-hydrogen) atoms. The van der Waals surface area contributed by atoms with Crippen molar-refractivity contribution in [3.8, 4) is 0 Å². The van der Waals surface area contributed by atoms with Crippen molar-refractivity contribution in [3.63, 3.8) is 0 Å². The molecule has 3 aromatic heterocycles. The lowest BCUT2D eigenvalue weighted by Crippen LogP contribution is -2.29. The molecule has 0 spiro atoms. The van der Waals surface area contributed by atoms with Gasteiger partial charge in [-0.05, 0) is 52.3 Å². The molecule has 0 saturated carbocycles. The molecule has 0 unspecified atom stereocenters. The summed E-state index contributed by atoms with van der Waals surface area (Å²) < 4.78 is 4.95. The highest BCUT2D eigenvalue weighted by Gasteiger charge is 2.29. The smallest absolute Gasteiger partial charge is 0.224 e. The molecule has 6 aromatic rings. The highest BCUT2D eigenvalue weighted by Crippen LogP contribution is 2.45. The van der Waals surface area contributed by atoms with Crippen molar-refractivity contribution in [2.45, 2.75) is 60.3 Å². The van der Waals surface area contributed by atoms with E-state index in [9.17, 15) is 0 Å². The molecule has 2 nitrogen and oxygen atoms in total. The van der Waals surface area contributed by atoms with Gasteiger partial charge in [-0.1, -0.05) is 77.9 Å². The van der Waals surface area contributed by atoms with Crippen molar-refractivity contribution >= 4 is 49.0 Å². The van der Waals surface area contributed by atoms with E-state index in [-0.39, 0.29) is 10.8 Å². The first-order valence-electron chi connectivity index (χ1n) is 12.5. The van der Waals surface area contributed by atoms with Gasteiger partial charge in [0.15, 0.2) is 6.20 Å². The Morgan fingerprint density at radius 1 is 0.824 bits per heavy atom. The number of nitrogens with zero attached hydrogens (tertiary/aromatic N) is 2. The number of aromatic nitrogens is 2. The summed E-state index contributed by atoms with van der Waals surface area (Å²) in [5.74, 6) is 0. The molecule has 0 amide bonds. The summed E-state index contributed by atoms with van der Waals surface area (Å²) in [6.45, 7) is 16.4. The van der Waals surface area contributed by atoms with Gasteiger partial charge < -0.3 is 4.40 Å². The van der Waals surface area contributed by atoms with Crippen LogP contribution in [0.3, 0.4) is 0 Å². The van der Waals surface area contributed by atoms with Gasteiger partial charge in [-0.3, -0.25) is 0 Å². The second kappa shape index (κ2) is 6.72. The summed E-state index contributed by atoms with van der Waals surface area (Å²) in [5, 5.41) is 6.85. The quantitative estimate of drug-likeness (QED) is 0.137. The van der Waals surface area contributed by atoms with Crippen molar-refractivity contribution in [3.05, 3.63) is 71.4 Å². The van der Waals surface area contributed by atoms with Crippen LogP contribution in [0.1, 0.15) is 58.2 Å². The van der Waals surface area contributed by atoms with Crippen LogP contribution in [-0.4, -0.2) is 4.40 Å². The van der Waals surface area contributed by atoms with E-state index in [0.717, 1.165) is 6.42 Å². The Labute approximate surface area is 202 Å². The fourth-order valence-corrected chi connectivity index (χ4v) is 6.17. The number of pyridine rings is 2. The topological polar surface area (TPSA) is 8.29 Å². The molecule has 0 aliphatic rings.